The van der Waals surface area contributed by atoms with Crippen LogP contribution in [0.2, 0.25) is 0 Å². The zero-order valence-electron chi connectivity index (χ0n) is 11.2. The first-order valence-corrected chi connectivity index (χ1v) is 7.09. The van der Waals surface area contributed by atoms with Gasteiger partial charge in [-0.25, -0.2) is 4.99 Å². The second-order valence-corrected chi connectivity index (χ2v) is 5.47. The van der Waals surface area contributed by atoms with Crippen molar-refractivity contribution in [3.63, 3.8) is 0 Å². The van der Waals surface area contributed by atoms with Gasteiger partial charge in [-0.05, 0) is 39.3 Å². The van der Waals surface area contributed by atoms with E-state index in [1.807, 2.05) is 11.3 Å². The Kier molecular flexibility index (Phi) is 6.05. The molecule has 0 saturated carbocycles. The van der Waals surface area contributed by atoms with Gasteiger partial charge in [0.15, 0.2) is 5.96 Å². The van der Waals surface area contributed by atoms with Crippen LogP contribution in [0.4, 0.5) is 0 Å². The molecule has 0 fully saturated rings. The fourth-order valence-electron chi connectivity index (χ4n) is 1.45. The van der Waals surface area contributed by atoms with E-state index in [0.717, 1.165) is 25.5 Å². The fraction of sp³-hybridized carbons (Fsp3) is 0.615. The smallest absolute Gasteiger partial charge is 0.191 e. The highest BCUT2D eigenvalue weighted by molar-refractivity contribution is 7.11. The number of hydrogen-bond donors (Lipinski definition) is 2. The summed E-state index contributed by atoms with van der Waals surface area (Å²) in [6.07, 6.45) is 1.11. The van der Waals surface area contributed by atoms with E-state index in [1.54, 1.807) is 0 Å². The van der Waals surface area contributed by atoms with E-state index < -0.39 is 0 Å². The van der Waals surface area contributed by atoms with Crippen molar-refractivity contribution in [3.05, 3.63) is 21.9 Å². The third-order valence-corrected chi connectivity index (χ3v) is 3.44. The molecule has 0 bridgehead atoms. The molecule has 17 heavy (non-hydrogen) atoms. The Hall–Kier alpha value is -1.03. The zero-order valence-corrected chi connectivity index (χ0v) is 12.0. The molecule has 0 spiro atoms. The number of hydrogen-bond acceptors (Lipinski definition) is 2. The molecular formula is C13H23N3S. The molecule has 4 heteroatoms. The maximum atomic E-state index is 4.58. The predicted molar refractivity (Wildman–Crippen MR) is 76.8 cm³/mol. The van der Waals surface area contributed by atoms with Crippen LogP contribution in [0.5, 0.6) is 0 Å². The Balaban J connectivity index is 2.58. The summed E-state index contributed by atoms with van der Waals surface area (Å²) in [5, 5.41) is 6.56. The van der Waals surface area contributed by atoms with Crippen LogP contribution < -0.4 is 10.6 Å². The van der Waals surface area contributed by atoms with E-state index in [9.17, 15) is 0 Å². The quantitative estimate of drug-likeness (QED) is 0.625. The molecule has 0 unspecified atom stereocenters. The number of rotatable bonds is 5. The molecule has 0 amide bonds. The first-order chi connectivity index (χ1) is 8.15. The molecule has 0 aromatic carbocycles. The van der Waals surface area contributed by atoms with Gasteiger partial charge in [-0.15, -0.1) is 11.3 Å². The van der Waals surface area contributed by atoms with Crippen LogP contribution in [0, 0.1) is 0 Å². The highest BCUT2D eigenvalue weighted by atomic mass is 32.1. The highest BCUT2D eigenvalue weighted by Crippen LogP contribution is 2.17. The average Bonchev–Trinajstić information content (AvgIpc) is 2.73. The third kappa shape index (κ3) is 5.22. The van der Waals surface area contributed by atoms with Crippen molar-refractivity contribution in [1.82, 2.24) is 10.6 Å². The maximum absolute atomic E-state index is 4.58. The van der Waals surface area contributed by atoms with Gasteiger partial charge in [0.1, 0.15) is 0 Å². The van der Waals surface area contributed by atoms with Crippen LogP contribution in [0.15, 0.2) is 17.1 Å². The van der Waals surface area contributed by atoms with Gasteiger partial charge in [-0.1, -0.05) is 6.92 Å². The van der Waals surface area contributed by atoms with Crippen molar-refractivity contribution in [2.24, 2.45) is 4.99 Å². The van der Waals surface area contributed by atoms with E-state index in [2.05, 4.69) is 55.5 Å². The van der Waals surface area contributed by atoms with Gasteiger partial charge in [0, 0.05) is 22.3 Å². The standard InChI is InChI=1S/C13H23N3S/c1-5-11-7-8-12(17-11)9-15-13(14-6-2)16-10(3)4/h7-8,10H,5-6,9H2,1-4H3,(H2,14,15,16). The Morgan fingerprint density at radius 3 is 2.53 bits per heavy atom. The number of aryl methyl sites for hydroxylation is 1. The molecule has 1 rings (SSSR count). The van der Waals surface area contributed by atoms with Crippen LogP contribution >= 0.6 is 11.3 Å². The molecule has 1 heterocycles. The van der Waals surface area contributed by atoms with Crippen molar-refractivity contribution < 1.29 is 0 Å². The summed E-state index contributed by atoms with van der Waals surface area (Å²) in [5.74, 6) is 0.897. The minimum atomic E-state index is 0.405. The summed E-state index contributed by atoms with van der Waals surface area (Å²) < 4.78 is 0. The lowest BCUT2D eigenvalue weighted by Crippen LogP contribution is -2.40. The number of thiophene rings is 1. The second kappa shape index (κ2) is 7.33. The van der Waals surface area contributed by atoms with Gasteiger partial charge in [0.2, 0.25) is 0 Å². The van der Waals surface area contributed by atoms with Crippen molar-refractivity contribution >= 4 is 17.3 Å². The topological polar surface area (TPSA) is 36.4 Å². The first-order valence-electron chi connectivity index (χ1n) is 6.28. The average molecular weight is 253 g/mol. The summed E-state index contributed by atoms with van der Waals surface area (Å²) in [7, 11) is 0. The van der Waals surface area contributed by atoms with E-state index in [-0.39, 0.29) is 0 Å². The SMILES string of the molecule is CCNC(=NCc1ccc(CC)s1)NC(C)C. The molecule has 1 aromatic rings. The fourth-order valence-corrected chi connectivity index (χ4v) is 2.33. The van der Waals surface area contributed by atoms with Crippen molar-refractivity contribution in [1.29, 1.82) is 0 Å². The molecule has 0 radical (unpaired) electrons. The molecule has 0 aliphatic rings. The second-order valence-electron chi connectivity index (χ2n) is 4.22. The predicted octanol–water partition coefficient (Wildman–Crippen LogP) is 2.77. The summed E-state index contributed by atoms with van der Waals surface area (Å²) in [6.45, 7) is 10.2. The minimum absolute atomic E-state index is 0.405. The minimum Gasteiger partial charge on any atom is -0.357 e. The van der Waals surface area contributed by atoms with E-state index >= 15 is 0 Å². The monoisotopic (exact) mass is 253 g/mol. The van der Waals surface area contributed by atoms with E-state index in [1.165, 1.54) is 9.75 Å². The Labute approximate surface area is 108 Å². The van der Waals surface area contributed by atoms with Crippen LogP contribution in [-0.2, 0) is 13.0 Å². The number of guanidine groups is 1. The highest BCUT2D eigenvalue weighted by Gasteiger charge is 2.01. The van der Waals surface area contributed by atoms with Gasteiger partial charge in [0.25, 0.3) is 0 Å². The van der Waals surface area contributed by atoms with Crippen molar-refractivity contribution in [3.8, 4) is 0 Å². The Bertz CT molecular complexity index is 355. The Morgan fingerprint density at radius 1 is 1.29 bits per heavy atom. The molecule has 0 saturated heterocycles. The zero-order chi connectivity index (χ0) is 12.7. The van der Waals surface area contributed by atoms with Crippen molar-refractivity contribution in [2.45, 2.75) is 46.7 Å². The third-order valence-electron chi connectivity index (χ3n) is 2.23. The van der Waals surface area contributed by atoms with Gasteiger partial charge < -0.3 is 10.6 Å². The molecule has 3 nitrogen and oxygen atoms in total. The summed E-state index contributed by atoms with van der Waals surface area (Å²) >= 11 is 1.85. The molecule has 1 aromatic heterocycles. The number of aliphatic imine (C=N–C) groups is 1. The van der Waals surface area contributed by atoms with Crippen LogP contribution in [0.3, 0.4) is 0 Å². The molecule has 2 N–H and O–H groups in total. The van der Waals surface area contributed by atoms with E-state index in [0.29, 0.717) is 6.04 Å². The van der Waals surface area contributed by atoms with Gasteiger partial charge in [-0.2, -0.15) is 0 Å². The number of nitrogens with zero attached hydrogens (tertiary/aromatic N) is 1. The van der Waals surface area contributed by atoms with Crippen molar-refractivity contribution in [2.75, 3.05) is 6.54 Å². The van der Waals surface area contributed by atoms with Crippen LogP contribution in [0.1, 0.15) is 37.4 Å². The molecule has 0 aliphatic heterocycles. The Morgan fingerprint density at radius 2 is 2.00 bits per heavy atom. The summed E-state index contributed by atoms with van der Waals surface area (Å²) in [5.41, 5.74) is 0. The lowest BCUT2D eigenvalue weighted by Gasteiger charge is -2.13. The van der Waals surface area contributed by atoms with Gasteiger partial charge in [0.05, 0.1) is 6.54 Å². The summed E-state index contributed by atoms with van der Waals surface area (Å²) in [4.78, 5) is 7.33. The lowest BCUT2D eigenvalue weighted by molar-refractivity contribution is 0.701. The van der Waals surface area contributed by atoms with Gasteiger partial charge in [-0.3, -0.25) is 0 Å². The molecule has 0 atom stereocenters. The lowest BCUT2D eigenvalue weighted by atomic mass is 10.4. The maximum Gasteiger partial charge on any atom is 0.191 e. The normalized spacial score (nSPS) is 11.9. The largest absolute Gasteiger partial charge is 0.357 e. The van der Waals surface area contributed by atoms with E-state index in [4.69, 9.17) is 0 Å². The molecular weight excluding hydrogens is 230 g/mol. The first kappa shape index (κ1) is 14.0. The van der Waals surface area contributed by atoms with Crippen LogP contribution in [0.25, 0.3) is 0 Å². The number of nitrogens with one attached hydrogen (secondary N) is 2. The molecule has 96 valence electrons. The molecule has 0 aliphatic carbocycles. The summed E-state index contributed by atoms with van der Waals surface area (Å²) in [6, 6.07) is 4.77. The van der Waals surface area contributed by atoms with Gasteiger partial charge >= 0.3 is 0 Å². The van der Waals surface area contributed by atoms with Crippen LogP contribution in [-0.4, -0.2) is 18.5 Å².